The van der Waals surface area contributed by atoms with Gasteiger partial charge in [0.25, 0.3) is 0 Å². The fourth-order valence-electron chi connectivity index (χ4n) is 1.80. The van der Waals surface area contributed by atoms with Crippen molar-refractivity contribution in [3.63, 3.8) is 0 Å². The van der Waals surface area contributed by atoms with Crippen LogP contribution in [0.3, 0.4) is 0 Å². The molecule has 0 radical (unpaired) electrons. The number of amides is 1. The summed E-state index contributed by atoms with van der Waals surface area (Å²) in [5, 5.41) is 2.63. The molecule has 4 nitrogen and oxygen atoms in total. The van der Waals surface area contributed by atoms with Crippen LogP contribution >= 0.6 is 11.6 Å². The first-order valence-electron chi connectivity index (χ1n) is 6.10. The molecule has 0 saturated heterocycles. The number of esters is 1. The van der Waals surface area contributed by atoms with E-state index >= 15 is 0 Å². The zero-order valence-corrected chi connectivity index (χ0v) is 11.9. The Balaban J connectivity index is 2.91. The first-order chi connectivity index (χ1) is 9.01. The highest BCUT2D eigenvalue weighted by Gasteiger charge is 2.36. The molecule has 1 aromatic carbocycles. The molecule has 19 heavy (non-hydrogen) atoms. The van der Waals surface area contributed by atoms with Gasteiger partial charge in [-0.1, -0.05) is 30.3 Å². The van der Waals surface area contributed by atoms with Crippen LogP contribution in [0.2, 0.25) is 0 Å². The van der Waals surface area contributed by atoms with Gasteiger partial charge in [0.1, 0.15) is 11.4 Å². The largest absolute Gasteiger partial charge is 0.464 e. The molecule has 5 heteroatoms. The van der Waals surface area contributed by atoms with Gasteiger partial charge >= 0.3 is 5.97 Å². The third kappa shape index (κ3) is 4.56. The minimum absolute atomic E-state index is 0.191. The highest BCUT2D eigenvalue weighted by Crippen LogP contribution is 2.15. The van der Waals surface area contributed by atoms with E-state index in [2.05, 4.69) is 5.32 Å². The number of carbonyl (C=O) groups is 2. The molecular formula is C14H18ClNO3. The maximum Gasteiger partial charge on any atom is 0.331 e. The van der Waals surface area contributed by atoms with Crippen molar-refractivity contribution in [1.29, 1.82) is 0 Å². The normalized spacial score (nSPS) is 13.4. The molecule has 0 aliphatic rings. The first kappa shape index (κ1) is 15.5. The highest BCUT2D eigenvalue weighted by molar-refractivity contribution is 6.27. The van der Waals surface area contributed by atoms with Crippen LogP contribution in [-0.4, -0.2) is 29.9 Å². The van der Waals surface area contributed by atoms with Crippen LogP contribution in [-0.2, 0) is 20.7 Å². The SMILES string of the molecule is CCOC(=O)C(C)(Cc1ccccc1)NC(=O)CCl. The summed E-state index contributed by atoms with van der Waals surface area (Å²) in [6, 6.07) is 9.44. The van der Waals surface area contributed by atoms with E-state index < -0.39 is 17.4 Å². The Morgan fingerprint density at radius 3 is 2.47 bits per heavy atom. The lowest BCUT2D eigenvalue weighted by Crippen LogP contribution is -2.55. The van der Waals surface area contributed by atoms with Crippen molar-refractivity contribution in [3.8, 4) is 0 Å². The maximum atomic E-state index is 12.0. The lowest BCUT2D eigenvalue weighted by Gasteiger charge is -2.28. The predicted octanol–water partition coefficient (Wildman–Crippen LogP) is 1.91. The summed E-state index contributed by atoms with van der Waals surface area (Å²) in [7, 11) is 0. The van der Waals surface area contributed by atoms with Gasteiger partial charge in [0.05, 0.1) is 6.61 Å². The molecular weight excluding hydrogens is 266 g/mol. The summed E-state index contributed by atoms with van der Waals surface area (Å²) in [6.07, 6.45) is 0.356. The van der Waals surface area contributed by atoms with E-state index in [-0.39, 0.29) is 12.5 Å². The maximum absolute atomic E-state index is 12.0. The van der Waals surface area contributed by atoms with E-state index in [4.69, 9.17) is 16.3 Å². The lowest BCUT2D eigenvalue weighted by atomic mass is 9.92. The second-order valence-corrected chi connectivity index (χ2v) is 4.66. The summed E-state index contributed by atoms with van der Waals surface area (Å²) in [5.41, 5.74) is -0.170. The zero-order valence-electron chi connectivity index (χ0n) is 11.1. The zero-order chi connectivity index (χ0) is 14.3. The van der Waals surface area contributed by atoms with Gasteiger partial charge in [-0.05, 0) is 19.4 Å². The summed E-state index contributed by atoms with van der Waals surface area (Å²) in [6.45, 7) is 3.63. The van der Waals surface area contributed by atoms with Crippen LogP contribution in [0.25, 0.3) is 0 Å². The van der Waals surface area contributed by atoms with Crippen LogP contribution in [0.4, 0.5) is 0 Å². The van der Waals surface area contributed by atoms with Crippen molar-refractivity contribution < 1.29 is 14.3 Å². The molecule has 1 unspecified atom stereocenters. The predicted molar refractivity (Wildman–Crippen MR) is 74.0 cm³/mol. The van der Waals surface area contributed by atoms with E-state index in [9.17, 15) is 9.59 Å². The Labute approximate surface area is 118 Å². The van der Waals surface area contributed by atoms with Crippen molar-refractivity contribution in [3.05, 3.63) is 35.9 Å². The van der Waals surface area contributed by atoms with Gasteiger partial charge in [-0.2, -0.15) is 0 Å². The number of hydrogen-bond acceptors (Lipinski definition) is 3. The van der Waals surface area contributed by atoms with Gasteiger partial charge in [0.2, 0.25) is 5.91 Å². The fourth-order valence-corrected chi connectivity index (χ4v) is 1.87. The molecule has 0 heterocycles. The van der Waals surface area contributed by atoms with Crippen molar-refractivity contribution in [2.24, 2.45) is 0 Å². The quantitative estimate of drug-likeness (QED) is 0.641. The smallest absolute Gasteiger partial charge is 0.331 e. The number of alkyl halides is 1. The van der Waals surface area contributed by atoms with E-state index in [1.54, 1.807) is 13.8 Å². The highest BCUT2D eigenvalue weighted by atomic mass is 35.5. The van der Waals surface area contributed by atoms with Crippen LogP contribution in [0, 0.1) is 0 Å². The van der Waals surface area contributed by atoms with Crippen molar-refractivity contribution in [1.82, 2.24) is 5.32 Å². The Morgan fingerprint density at radius 1 is 1.32 bits per heavy atom. The van der Waals surface area contributed by atoms with E-state index in [0.717, 1.165) is 5.56 Å². The molecule has 1 N–H and O–H groups in total. The number of nitrogens with one attached hydrogen (secondary N) is 1. The number of carbonyl (C=O) groups excluding carboxylic acids is 2. The van der Waals surface area contributed by atoms with Gasteiger partial charge < -0.3 is 10.1 Å². The van der Waals surface area contributed by atoms with Gasteiger partial charge in [0, 0.05) is 6.42 Å². The van der Waals surface area contributed by atoms with Crippen LogP contribution < -0.4 is 5.32 Å². The average molecular weight is 284 g/mol. The summed E-state index contributed by atoms with van der Waals surface area (Å²) >= 11 is 5.48. The van der Waals surface area contributed by atoms with Crippen molar-refractivity contribution in [2.75, 3.05) is 12.5 Å². The van der Waals surface area contributed by atoms with Crippen molar-refractivity contribution in [2.45, 2.75) is 25.8 Å². The van der Waals surface area contributed by atoms with E-state index in [1.165, 1.54) is 0 Å². The van der Waals surface area contributed by atoms with Crippen LogP contribution in [0.1, 0.15) is 19.4 Å². The minimum Gasteiger partial charge on any atom is -0.464 e. The molecule has 0 bridgehead atoms. The molecule has 0 fully saturated rings. The molecule has 1 atom stereocenters. The molecule has 0 aliphatic carbocycles. The minimum atomic E-state index is -1.11. The Hall–Kier alpha value is -1.55. The number of hydrogen-bond donors (Lipinski definition) is 1. The standard InChI is InChI=1S/C14H18ClNO3/c1-3-19-13(18)14(2,16-12(17)10-15)9-11-7-5-4-6-8-11/h4-8H,3,9-10H2,1-2H3,(H,16,17). The summed E-state index contributed by atoms with van der Waals surface area (Å²) in [4.78, 5) is 23.5. The molecule has 104 valence electrons. The number of ether oxygens (including phenoxy) is 1. The number of rotatable bonds is 6. The molecule has 1 aromatic rings. The van der Waals surface area contributed by atoms with Crippen LogP contribution in [0.15, 0.2) is 30.3 Å². The van der Waals surface area contributed by atoms with Gasteiger partial charge in [0.15, 0.2) is 0 Å². The van der Waals surface area contributed by atoms with Gasteiger partial charge in [-0.15, -0.1) is 11.6 Å². The molecule has 1 amide bonds. The molecule has 1 rings (SSSR count). The topological polar surface area (TPSA) is 55.4 Å². The third-order valence-corrected chi connectivity index (χ3v) is 2.91. The molecule has 0 spiro atoms. The third-order valence-electron chi connectivity index (χ3n) is 2.66. The van der Waals surface area contributed by atoms with Crippen molar-refractivity contribution >= 4 is 23.5 Å². The lowest BCUT2D eigenvalue weighted by molar-refractivity contribution is -0.152. The summed E-state index contributed by atoms with van der Waals surface area (Å²) in [5.74, 6) is -1.05. The second kappa shape index (κ2) is 7.14. The van der Waals surface area contributed by atoms with E-state index in [1.807, 2.05) is 30.3 Å². The Morgan fingerprint density at radius 2 is 1.95 bits per heavy atom. The van der Waals surface area contributed by atoms with Gasteiger partial charge in [-0.25, -0.2) is 4.79 Å². The number of benzene rings is 1. The molecule has 0 aliphatic heterocycles. The second-order valence-electron chi connectivity index (χ2n) is 4.40. The number of halogens is 1. The van der Waals surface area contributed by atoms with Gasteiger partial charge in [-0.3, -0.25) is 4.79 Å². The Kier molecular flexibility index (Phi) is 5.83. The fraction of sp³-hybridized carbons (Fsp3) is 0.429. The Bertz CT molecular complexity index is 436. The first-order valence-corrected chi connectivity index (χ1v) is 6.63. The molecule has 0 saturated carbocycles. The van der Waals surface area contributed by atoms with E-state index in [0.29, 0.717) is 6.42 Å². The van der Waals surface area contributed by atoms with Crippen LogP contribution in [0.5, 0.6) is 0 Å². The average Bonchev–Trinajstić information content (AvgIpc) is 2.39. The summed E-state index contributed by atoms with van der Waals surface area (Å²) < 4.78 is 5.03. The monoisotopic (exact) mass is 283 g/mol. The molecule has 0 aromatic heterocycles.